The molecule has 1 aromatic carbocycles. The Balaban J connectivity index is 1.64. The van der Waals surface area contributed by atoms with Crippen LogP contribution in [0.15, 0.2) is 42.5 Å². The molecule has 6 atom stereocenters. The van der Waals surface area contributed by atoms with Crippen molar-refractivity contribution in [1.82, 2.24) is 9.80 Å². The number of nitrogens with zero attached hydrogens (tertiary/aromatic N) is 3. The number of carbonyl (C=O) groups excluding carboxylic acids is 3. The second-order valence-electron chi connectivity index (χ2n) is 10.1. The Morgan fingerprint density at radius 3 is 2.64 bits per heavy atom. The summed E-state index contributed by atoms with van der Waals surface area (Å²) in [7, 11) is 0. The number of carbonyl (C=O) groups is 3. The molecule has 1 spiro atoms. The van der Waals surface area contributed by atoms with Crippen molar-refractivity contribution in [2.75, 3.05) is 31.1 Å². The van der Waals surface area contributed by atoms with Crippen LogP contribution in [-0.4, -0.2) is 82.7 Å². The number of para-hydroxylation sites is 1. The smallest absolute Gasteiger partial charge is 0.253 e. The molecule has 2 saturated heterocycles. The van der Waals surface area contributed by atoms with E-state index in [2.05, 4.69) is 0 Å². The molecule has 0 aromatic heterocycles. The van der Waals surface area contributed by atoms with Crippen molar-refractivity contribution in [3.63, 3.8) is 0 Å². The lowest BCUT2D eigenvalue weighted by atomic mass is 9.77. The number of hydrogen-bond donors (Lipinski definition) is 1. The minimum atomic E-state index is -1.33. The van der Waals surface area contributed by atoms with E-state index in [4.69, 9.17) is 16.3 Å². The zero-order valence-electron chi connectivity index (χ0n) is 20.8. The van der Waals surface area contributed by atoms with E-state index in [-0.39, 0.29) is 30.9 Å². The molecule has 8 nitrogen and oxygen atoms in total. The maximum Gasteiger partial charge on any atom is 0.253 e. The van der Waals surface area contributed by atoms with Crippen LogP contribution >= 0.6 is 11.6 Å². The van der Waals surface area contributed by atoms with Crippen molar-refractivity contribution in [2.45, 2.75) is 51.0 Å². The lowest BCUT2D eigenvalue weighted by molar-refractivity contribution is -0.146. The molecule has 192 valence electrons. The summed E-state index contributed by atoms with van der Waals surface area (Å²) in [6, 6.07) is 3.75. The van der Waals surface area contributed by atoms with Gasteiger partial charge in [-0.15, -0.1) is 0 Å². The van der Waals surface area contributed by atoms with Crippen molar-refractivity contribution >= 4 is 35.0 Å². The number of aliphatic hydroxyl groups excluding tert-OH is 1. The molecular formula is C27H32ClN3O5. The van der Waals surface area contributed by atoms with Crippen molar-refractivity contribution in [2.24, 2.45) is 11.8 Å². The van der Waals surface area contributed by atoms with E-state index in [1.807, 2.05) is 44.2 Å². The Morgan fingerprint density at radius 1 is 1.17 bits per heavy atom. The molecular weight excluding hydrogens is 482 g/mol. The predicted octanol–water partition coefficient (Wildman–Crippen LogP) is 2.32. The first-order chi connectivity index (χ1) is 17.3. The zero-order valence-corrected chi connectivity index (χ0v) is 21.5. The second kappa shape index (κ2) is 9.32. The van der Waals surface area contributed by atoms with Crippen molar-refractivity contribution in [1.29, 1.82) is 0 Å². The van der Waals surface area contributed by atoms with Crippen LogP contribution in [0.5, 0.6) is 0 Å². The number of aryl methyl sites for hydroxylation is 1. The normalized spacial score (nSPS) is 32.4. The summed E-state index contributed by atoms with van der Waals surface area (Å²) in [5.74, 6) is -2.44. The summed E-state index contributed by atoms with van der Waals surface area (Å²) in [5, 5.41) is 10.5. The van der Waals surface area contributed by atoms with Crippen molar-refractivity contribution in [3.8, 4) is 0 Å². The van der Waals surface area contributed by atoms with Gasteiger partial charge in [-0.25, -0.2) is 0 Å². The standard InChI is InChI=1S/C27H32ClN3O5/c1-4-12-29-13-6-10-19-20(24(29)33)21-25(34)31(17(3)15-32)23-26(35)30(14-7-11-27(21,23)36-19)22-16(2)8-5-9-18(22)28/h5-11,17,19-21,23,32H,4,12-15H2,1-3H3/t17-,19-,20+,21+,23?,27+/m1/s1. The molecule has 36 heavy (non-hydrogen) atoms. The number of rotatable bonds is 5. The summed E-state index contributed by atoms with van der Waals surface area (Å²) >= 11 is 6.54. The molecule has 2 fully saturated rings. The van der Waals surface area contributed by atoms with E-state index in [1.165, 1.54) is 4.90 Å². The van der Waals surface area contributed by atoms with Gasteiger partial charge in [-0.1, -0.05) is 55.0 Å². The van der Waals surface area contributed by atoms with Crippen LogP contribution in [0.4, 0.5) is 5.69 Å². The van der Waals surface area contributed by atoms with E-state index in [1.54, 1.807) is 28.9 Å². The number of amides is 3. The molecule has 1 aromatic rings. The number of halogens is 1. The summed E-state index contributed by atoms with van der Waals surface area (Å²) < 4.78 is 6.60. The number of hydrogen-bond acceptors (Lipinski definition) is 5. The van der Waals surface area contributed by atoms with E-state index < -0.39 is 35.6 Å². The number of likely N-dealkylation sites (tertiary alicyclic amines) is 1. The number of aliphatic hydroxyl groups is 1. The molecule has 1 N–H and O–H groups in total. The number of anilines is 1. The monoisotopic (exact) mass is 513 g/mol. The first kappa shape index (κ1) is 25.0. The van der Waals surface area contributed by atoms with Gasteiger partial charge in [-0.05, 0) is 31.9 Å². The van der Waals surface area contributed by atoms with Crippen LogP contribution in [0.1, 0.15) is 25.8 Å². The average molecular weight is 514 g/mol. The van der Waals surface area contributed by atoms with E-state index in [0.29, 0.717) is 23.8 Å². The molecule has 5 rings (SSSR count). The Labute approximate surface area is 216 Å². The summed E-state index contributed by atoms with van der Waals surface area (Å²) in [6.45, 7) is 6.55. The lowest BCUT2D eigenvalue weighted by Gasteiger charge is -2.37. The highest BCUT2D eigenvalue weighted by Gasteiger charge is 2.72. The maximum atomic E-state index is 14.3. The fourth-order valence-electron chi connectivity index (χ4n) is 6.33. The molecule has 0 saturated carbocycles. The molecule has 9 heteroatoms. The highest BCUT2D eigenvalue weighted by Crippen LogP contribution is 2.54. The van der Waals surface area contributed by atoms with Gasteiger partial charge in [0.05, 0.1) is 41.3 Å². The maximum absolute atomic E-state index is 14.3. The highest BCUT2D eigenvalue weighted by molar-refractivity contribution is 6.34. The summed E-state index contributed by atoms with van der Waals surface area (Å²) in [5.41, 5.74) is 0.0795. The molecule has 3 amide bonds. The van der Waals surface area contributed by atoms with E-state index in [0.717, 1.165) is 12.0 Å². The quantitative estimate of drug-likeness (QED) is 0.610. The Bertz CT molecular complexity index is 1130. The zero-order chi connectivity index (χ0) is 25.8. The third kappa shape index (κ3) is 3.53. The Hall–Kier alpha value is -2.68. The molecule has 4 aliphatic heterocycles. The Morgan fingerprint density at radius 2 is 1.94 bits per heavy atom. The summed E-state index contributed by atoms with van der Waals surface area (Å²) in [4.78, 5) is 46.9. The third-order valence-corrected chi connectivity index (χ3v) is 8.18. The van der Waals surface area contributed by atoms with Gasteiger partial charge in [-0.3, -0.25) is 14.4 Å². The third-order valence-electron chi connectivity index (χ3n) is 7.87. The molecule has 0 bridgehead atoms. The first-order valence-electron chi connectivity index (χ1n) is 12.6. The van der Waals surface area contributed by atoms with Crippen LogP contribution in [0.25, 0.3) is 0 Å². The summed E-state index contributed by atoms with van der Waals surface area (Å²) in [6.07, 6.45) is 7.57. The van der Waals surface area contributed by atoms with Crippen LogP contribution in [-0.2, 0) is 19.1 Å². The van der Waals surface area contributed by atoms with Gasteiger partial charge in [0.2, 0.25) is 11.8 Å². The number of ether oxygens (including phenoxy) is 1. The van der Waals surface area contributed by atoms with Gasteiger partial charge in [0, 0.05) is 19.6 Å². The van der Waals surface area contributed by atoms with Gasteiger partial charge in [0.15, 0.2) is 0 Å². The fourth-order valence-corrected chi connectivity index (χ4v) is 6.65. The lowest BCUT2D eigenvalue weighted by Crippen LogP contribution is -2.57. The fraction of sp³-hybridized carbons (Fsp3) is 0.519. The van der Waals surface area contributed by atoms with Crippen LogP contribution < -0.4 is 4.90 Å². The molecule has 0 aliphatic carbocycles. The SMILES string of the molecule is CCCN1CC=C[C@H]2O[C@]34C=CCN(c5c(C)cccc5Cl)C(=O)C3N([C@H](C)CO)C(=O)[C@@H]4[C@H]2C1=O. The van der Waals surface area contributed by atoms with Crippen LogP contribution in [0.3, 0.4) is 0 Å². The second-order valence-corrected chi connectivity index (χ2v) is 10.5. The van der Waals surface area contributed by atoms with Gasteiger partial charge in [0.25, 0.3) is 5.91 Å². The van der Waals surface area contributed by atoms with Gasteiger partial charge in [-0.2, -0.15) is 0 Å². The molecule has 4 heterocycles. The van der Waals surface area contributed by atoms with E-state index >= 15 is 0 Å². The topological polar surface area (TPSA) is 90.4 Å². The number of fused-ring (bicyclic) bond motifs is 2. The highest BCUT2D eigenvalue weighted by atomic mass is 35.5. The van der Waals surface area contributed by atoms with Crippen LogP contribution in [0, 0.1) is 18.8 Å². The van der Waals surface area contributed by atoms with Gasteiger partial charge in [0.1, 0.15) is 11.6 Å². The first-order valence-corrected chi connectivity index (χ1v) is 12.9. The average Bonchev–Trinajstić information content (AvgIpc) is 3.18. The van der Waals surface area contributed by atoms with Gasteiger partial charge >= 0.3 is 0 Å². The van der Waals surface area contributed by atoms with Crippen LogP contribution in [0.2, 0.25) is 5.02 Å². The predicted molar refractivity (Wildman–Crippen MR) is 135 cm³/mol. The molecule has 1 unspecified atom stereocenters. The molecule has 0 radical (unpaired) electrons. The van der Waals surface area contributed by atoms with Gasteiger partial charge < -0.3 is 24.5 Å². The molecule has 4 aliphatic rings. The number of benzene rings is 1. The van der Waals surface area contributed by atoms with E-state index in [9.17, 15) is 19.5 Å². The minimum Gasteiger partial charge on any atom is -0.394 e. The minimum absolute atomic E-state index is 0.136. The van der Waals surface area contributed by atoms with Crippen molar-refractivity contribution in [3.05, 3.63) is 53.1 Å². The Kier molecular flexibility index (Phi) is 6.47. The van der Waals surface area contributed by atoms with Crippen molar-refractivity contribution < 1.29 is 24.2 Å². The largest absolute Gasteiger partial charge is 0.394 e.